The minimum Gasteiger partial charge on any atom is -0.386 e. The van der Waals surface area contributed by atoms with Crippen LogP contribution in [0.3, 0.4) is 0 Å². The van der Waals surface area contributed by atoms with E-state index in [-0.39, 0.29) is 5.41 Å². The molecule has 1 heterocycles. The largest absolute Gasteiger partial charge is 0.386 e. The maximum atomic E-state index is 9.49. The molecular weight excluding hydrogens is 182 g/mol. The highest BCUT2D eigenvalue weighted by Crippen LogP contribution is 2.31. The lowest BCUT2D eigenvalue weighted by molar-refractivity contribution is 0.190. The number of thiophene rings is 1. The number of aliphatic hydroxyl groups excluding tert-OH is 1. The van der Waals surface area contributed by atoms with E-state index in [4.69, 9.17) is 5.73 Å². The third-order valence-electron chi connectivity index (χ3n) is 1.92. The summed E-state index contributed by atoms with van der Waals surface area (Å²) in [6.07, 6.45) is -0.499. The van der Waals surface area contributed by atoms with Gasteiger partial charge >= 0.3 is 0 Å². The Morgan fingerprint density at radius 3 is 2.46 bits per heavy atom. The lowest BCUT2D eigenvalue weighted by Gasteiger charge is -2.15. The lowest BCUT2D eigenvalue weighted by atomic mass is 9.95. The standard InChI is InChI=1S/C10H17NOS/c1-10(2,3)9-5-4-8(13-9)7(12)6-11/h4-5,7,12H,6,11H2,1-3H3. The second kappa shape index (κ2) is 3.78. The molecule has 0 spiro atoms. The Morgan fingerprint density at radius 1 is 1.46 bits per heavy atom. The van der Waals surface area contributed by atoms with E-state index >= 15 is 0 Å². The SMILES string of the molecule is CC(C)(C)c1ccc(C(O)CN)s1. The van der Waals surface area contributed by atoms with Crippen molar-refractivity contribution in [3.05, 3.63) is 21.9 Å². The zero-order valence-electron chi connectivity index (χ0n) is 8.37. The summed E-state index contributed by atoms with van der Waals surface area (Å²) < 4.78 is 0. The molecule has 0 saturated heterocycles. The van der Waals surface area contributed by atoms with Crippen molar-refractivity contribution in [2.24, 2.45) is 5.73 Å². The first-order valence-corrected chi connectivity index (χ1v) is 5.25. The average molecular weight is 199 g/mol. The fourth-order valence-electron chi connectivity index (χ4n) is 1.05. The second-order valence-electron chi connectivity index (χ2n) is 4.20. The molecule has 1 unspecified atom stereocenters. The van der Waals surface area contributed by atoms with Crippen molar-refractivity contribution in [1.82, 2.24) is 0 Å². The maximum absolute atomic E-state index is 9.49. The van der Waals surface area contributed by atoms with Crippen LogP contribution in [0.1, 0.15) is 36.6 Å². The Balaban J connectivity index is 2.87. The van der Waals surface area contributed by atoms with Gasteiger partial charge < -0.3 is 10.8 Å². The van der Waals surface area contributed by atoms with Gasteiger partial charge in [-0.15, -0.1) is 11.3 Å². The third kappa shape index (κ3) is 2.53. The molecule has 2 nitrogen and oxygen atoms in total. The van der Waals surface area contributed by atoms with Gasteiger partial charge in [0.2, 0.25) is 0 Å². The van der Waals surface area contributed by atoms with Crippen molar-refractivity contribution in [2.75, 3.05) is 6.54 Å². The van der Waals surface area contributed by atoms with Gasteiger partial charge in [0.1, 0.15) is 6.10 Å². The highest BCUT2D eigenvalue weighted by molar-refractivity contribution is 7.12. The molecule has 1 aromatic rings. The van der Waals surface area contributed by atoms with Crippen LogP contribution in [-0.4, -0.2) is 11.7 Å². The molecule has 0 aromatic carbocycles. The Kier molecular flexibility index (Phi) is 3.11. The first-order valence-electron chi connectivity index (χ1n) is 4.43. The van der Waals surface area contributed by atoms with Crippen molar-refractivity contribution in [3.8, 4) is 0 Å². The molecule has 0 bridgehead atoms. The summed E-state index contributed by atoms with van der Waals surface area (Å²) >= 11 is 1.64. The minimum atomic E-state index is -0.499. The molecule has 74 valence electrons. The van der Waals surface area contributed by atoms with E-state index in [9.17, 15) is 5.11 Å². The van der Waals surface area contributed by atoms with Crippen LogP contribution in [-0.2, 0) is 5.41 Å². The number of rotatable bonds is 2. The van der Waals surface area contributed by atoms with Gasteiger partial charge in [-0.05, 0) is 17.5 Å². The normalized spacial score (nSPS) is 14.5. The van der Waals surface area contributed by atoms with Crippen LogP contribution in [0.2, 0.25) is 0 Å². The first-order chi connectivity index (χ1) is 5.95. The van der Waals surface area contributed by atoms with Gasteiger partial charge in [-0.1, -0.05) is 20.8 Å². The highest BCUT2D eigenvalue weighted by atomic mass is 32.1. The number of hydrogen-bond donors (Lipinski definition) is 2. The fourth-order valence-corrected chi connectivity index (χ4v) is 2.12. The number of nitrogens with two attached hydrogens (primary N) is 1. The summed E-state index contributed by atoms with van der Waals surface area (Å²) in [6, 6.07) is 4.03. The Hall–Kier alpha value is -0.380. The van der Waals surface area contributed by atoms with Crippen LogP contribution in [0.5, 0.6) is 0 Å². The topological polar surface area (TPSA) is 46.2 Å². The van der Waals surface area contributed by atoms with Crippen LogP contribution >= 0.6 is 11.3 Å². The quantitative estimate of drug-likeness (QED) is 0.765. The predicted octanol–water partition coefficient (Wildman–Crippen LogP) is 2.04. The molecule has 1 aromatic heterocycles. The second-order valence-corrected chi connectivity index (χ2v) is 5.32. The molecule has 0 aliphatic heterocycles. The molecule has 0 fully saturated rings. The van der Waals surface area contributed by atoms with E-state index in [1.807, 2.05) is 6.07 Å². The molecule has 1 atom stereocenters. The van der Waals surface area contributed by atoms with Crippen molar-refractivity contribution in [2.45, 2.75) is 32.3 Å². The Bertz CT molecular complexity index is 275. The number of aliphatic hydroxyl groups is 1. The lowest BCUT2D eigenvalue weighted by Crippen LogP contribution is -2.10. The summed E-state index contributed by atoms with van der Waals surface area (Å²) in [5, 5.41) is 9.49. The zero-order valence-corrected chi connectivity index (χ0v) is 9.19. The molecule has 13 heavy (non-hydrogen) atoms. The highest BCUT2D eigenvalue weighted by Gasteiger charge is 2.17. The first kappa shape index (κ1) is 10.7. The van der Waals surface area contributed by atoms with Gasteiger partial charge in [0.05, 0.1) is 0 Å². The van der Waals surface area contributed by atoms with Crippen LogP contribution in [0.25, 0.3) is 0 Å². The van der Waals surface area contributed by atoms with E-state index < -0.39 is 6.10 Å². The van der Waals surface area contributed by atoms with Gasteiger partial charge in [0.15, 0.2) is 0 Å². The van der Waals surface area contributed by atoms with Gasteiger partial charge in [0.25, 0.3) is 0 Å². The van der Waals surface area contributed by atoms with Crippen molar-refractivity contribution < 1.29 is 5.11 Å². The van der Waals surface area contributed by atoms with E-state index in [2.05, 4.69) is 26.8 Å². The summed E-state index contributed by atoms with van der Waals surface area (Å²) in [4.78, 5) is 2.25. The van der Waals surface area contributed by atoms with Crippen molar-refractivity contribution in [1.29, 1.82) is 0 Å². The monoisotopic (exact) mass is 199 g/mol. The third-order valence-corrected chi connectivity index (χ3v) is 3.53. The van der Waals surface area contributed by atoms with E-state index in [0.717, 1.165) is 4.88 Å². The Morgan fingerprint density at radius 2 is 2.08 bits per heavy atom. The predicted molar refractivity (Wildman–Crippen MR) is 57.0 cm³/mol. The maximum Gasteiger partial charge on any atom is 0.100 e. The molecule has 3 heteroatoms. The zero-order chi connectivity index (χ0) is 10.1. The molecule has 0 saturated carbocycles. The summed E-state index contributed by atoms with van der Waals surface area (Å²) in [5.41, 5.74) is 5.54. The van der Waals surface area contributed by atoms with Crippen LogP contribution in [0.15, 0.2) is 12.1 Å². The summed E-state index contributed by atoms with van der Waals surface area (Å²) in [7, 11) is 0. The molecular formula is C10H17NOS. The van der Waals surface area contributed by atoms with E-state index in [1.54, 1.807) is 11.3 Å². The van der Waals surface area contributed by atoms with Crippen molar-refractivity contribution >= 4 is 11.3 Å². The van der Waals surface area contributed by atoms with Crippen molar-refractivity contribution in [3.63, 3.8) is 0 Å². The molecule has 0 radical (unpaired) electrons. The van der Waals surface area contributed by atoms with Crippen LogP contribution in [0.4, 0.5) is 0 Å². The molecule has 0 aliphatic carbocycles. The van der Waals surface area contributed by atoms with E-state index in [1.165, 1.54) is 4.88 Å². The van der Waals surface area contributed by atoms with Crippen LogP contribution in [0, 0.1) is 0 Å². The van der Waals surface area contributed by atoms with Crippen LogP contribution < -0.4 is 5.73 Å². The van der Waals surface area contributed by atoms with Gasteiger partial charge in [0, 0.05) is 16.3 Å². The Labute approximate surface area is 83.4 Å². The molecule has 1 rings (SSSR count). The summed E-state index contributed by atoms with van der Waals surface area (Å²) in [5.74, 6) is 0. The average Bonchev–Trinajstić information content (AvgIpc) is 2.50. The van der Waals surface area contributed by atoms with Gasteiger partial charge in [-0.3, -0.25) is 0 Å². The summed E-state index contributed by atoms with van der Waals surface area (Å²) in [6.45, 7) is 6.79. The minimum absolute atomic E-state index is 0.164. The fraction of sp³-hybridized carbons (Fsp3) is 0.600. The molecule has 3 N–H and O–H groups in total. The van der Waals surface area contributed by atoms with Gasteiger partial charge in [-0.2, -0.15) is 0 Å². The molecule has 0 amide bonds. The van der Waals surface area contributed by atoms with Gasteiger partial charge in [-0.25, -0.2) is 0 Å². The number of hydrogen-bond acceptors (Lipinski definition) is 3. The smallest absolute Gasteiger partial charge is 0.100 e. The van der Waals surface area contributed by atoms with E-state index in [0.29, 0.717) is 6.54 Å². The molecule has 0 aliphatic rings.